The molecule has 5 nitrogen and oxygen atoms in total. The van der Waals surface area contributed by atoms with Crippen LogP contribution in [0.1, 0.15) is 5.69 Å². The van der Waals surface area contributed by atoms with Crippen molar-refractivity contribution in [3.63, 3.8) is 0 Å². The Kier molecular flexibility index (Phi) is 5.26. The summed E-state index contributed by atoms with van der Waals surface area (Å²) >= 11 is 12.0. The van der Waals surface area contributed by atoms with E-state index in [9.17, 15) is 4.79 Å². The third-order valence-electron chi connectivity index (χ3n) is 3.42. The van der Waals surface area contributed by atoms with E-state index in [1.54, 1.807) is 41.1 Å². The minimum absolute atomic E-state index is 0.0945. The molecule has 0 aliphatic carbocycles. The Hall–Kier alpha value is -2.50. The number of rotatable bonds is 5. The second-order valence-electron chi connectivity index (χ2n) is 5.33. The van der Waals surface area contributed by atoms with Crippen LogP contribution in [0.15, 0.2) is 54.6 Å². The molecule has 0 aliphatic rings. The van der Waals surface area contributed by atoms with Gasteiger partial charge in [0, 0.05) is 11.8 Å². The molecule has 1 heterocycles. The lowest BCUT2D eigenvalue weighted by Gasteiger charge is -2.06. The van der Waals surface area contributed by atoms with E-state index in [2.05, 4.69) is 10.4 Å². The zero-order valence-corrected chi connectivity index (χ0v) is 14.9. The van der Waals surface area contributed by atoms with Crippen LogP contribution in [-0.4, -0.2) is 22.3 Å². The van der Waals surface area contributed by atoms with E-state index in [0.29, 0.717) is 21.6 Å². The molecule has 7 heteroatoms. The molecule has 0 spiro atoms. The molecule has 2 aromatic carbocycles. The van der Waals surface area contributed by atoms with E-state index in [0.717, 1.165) is 11.4 Å². The van der Waals surface area contributed by atoms with Gasteiger partial charge in [-0.1, -0.05) is 41.4 Å². The van der Waals surface area contributed by atoms with Gasteiger partial charge in [-0.05, 0) is 37.3 Å². The number of nitrogens with zero attached hydrogens (tertiary/aromatic N) is 2. The lowest BCUT2D eigenvalue weighted by atomic mass is 10.3. The van der Waals surface area contributed by atoms with Crippen LogP contribution in [0, 0.1) is 6.92 Å². The number of hydrogen-bond acceptors (Lipinski definition) is 3. The van der Waals surface area contributed by atoms with Gasteiger partial charge in [-0.25, -0.2) is 4.68 Å². The number of carbonyl (C=O) groups excluding carboxylic acids is 1. The Morgan fingerprint density at radius 3 is 2.60 bits per heavy atom. The van der Waals surface area contributed by atoms with E-state index in [1.807, 2.05) is 25.1 Å². The first-order valence-electron chi connectivity index (χ1n) is 7.53. The Balaban J connectivity index is 1.67. The number of aryl methyl sites for hydroxylation is 1. The minimum Gasteiger partial charge on any atom is -0.484 e. The van der Waals surface area contributed by atoms with Gasteiger partial charge in [-0.2, -0.15) is 0 Å². The third-order valence-corrected chi connectivity index (χ3v) is 4.15. The average Bonchev–Trinajstić information content (AvgIpc) is 2.96. The molecule has 0 unspecified atom stereocenters. The van der Waals surface area contributed by atoms with Gasteiger partial charge in [-0.15, -0.1) is 5.10 Å². The van der Waals surface area contributed by atoms with Gasteiger partial charge in [0.1, 0.15) is 5.75 Å². The van der Waals surface area contributed by atoms with E-state index in [1.165, 1.54) is 0 Å². The van der Waals surface area contributed by atoms with Gasteiger partial charge < -0.3 is 10.1 Å². The Morgan fingerprint density at radius 1 is 1.12 bits per heavy atom. The molecule has 0 atom stereocenters. The lowest BCUT2D eigenvalue weighted by molar-refractivity contribution is -0.118. The van der Waals surface area contributed by atoms with Crippen molar-refractivity contribution in [2.75, 3.05) is 11.9 Å². The maximum absolute atomic E-state index is 12.0. The average molecular weight is 376 g/mol. The smallest absolute Gasteiger partial charge is 0.263 e. The molecule has 1 aromatic heterocycles. The van der Waals surface area contributed by atoms with Gasteiger partial charge in [0.05, 0.1) is 15.7 Å². The van der Waals surface area contributed by atoms with Gasteiger partial charge in [0.2, 0.25) is 0 Å². The normalized spacial score (nSPS) is 10.5. The summed E-state index contributed by atoms with van der Waals surface area (Å²) < 4.78 is 7.09. The summed E-state index contributed by atoms with van der Waals surface area (Å²) in [5, 5.41) is 8.00. The summed E-state index contributed by atoms with van der Waals surface area (Å²) in [5.74, 6) is 0.781. The number of nitrogens with one attached hydrogen (secondary N) is 1. The van der Waals surface area contributed by atoms with Crippen LogP contribution in [0.2, 0.25) is 10.0 Å². The summed E-state index contributed by atoms with van der Waals surface area (Å²) in [5.41, 5.74) is 1.60. The molecule has 0 bridgehead atoms. The maximum Gasteiger partial charge on any atom is 0.263 e. The summed E-state index contributed by atoms with van der Waals surface area (Å²) in [4.78, 5) is 12.0. The summed E-state index contributed by atoms with van der Waals surface area (Å²) in [6.45, 7) is 1.79. The molecule has 1 amide bonds. The fourth-order valence-electron chi connectivity index (χ4n) is 2.26. The fraction of sp³-hybridized carbons (Fsp3) is 0.111. The van der Waals surface area contributed by atoms with Crippen LogP contribution >= 0.6 is 23.2 Å². The fourth-order valence-corrected chi connectivity index (χ4v) is 2.55. The number of hydrogen-bond donors (Lipinski definition) is 1. The molecule has 0 fully saturated rings. The first-order chi connectivity index (χ1) is 12.0. The van der Waals surface area contributed by atoms with Gasteiger partial charge in [0.15, 0.2) is 12.4 Å². The minimum atomic E-state index is -0.289. The van der Waals surface area contributed by atoms with Gasteiger partial charge in [0.25, 0.3) is 5.91 Å². The third kappa shape index (κ3) is 4.32. The van der Waals surface area contributed by atoms with Crippen molar-refractivity contribution in [2.45, 2.75) is 6.92 Å². The summed E-state index contributed by atoms with van der Waals surface area (Å²) in [6, 6.07) is 16.1. The van der Waals surface area contributed by atoms with Crippen molar-refractivity contribution in [3.8, 4) is 11.4 Å². The highest BCUT2D eigenvalue weighted by Crippen LogP contribution is 2.25. The van der Waals surface area contributed by atoms with Crippen LogP contribution < -0.4 is 10.1 Å². The van der Waals surface area contributed by atoms with Crippen molar-refractivity contribution in [1.82, 2.24) is 9.78 Å². The van der Waals surface area contributed by atoms with Crippen LogP contribution in [0.25, 0.3) is 5.69 Å². The molecule has 3 rings (SSSR count). The number of amides is 1. The number of anilines is 1. The predicted molar refractivity (Wildman–Crippen MR) is 98.9 cm³/mol. The second-order valence-corrected chi connectivity index (χ2v) is 6.15. The molecule has 0 saturated heterocycles. The lowest BCUT2D eigenvalue weighted by Crippen LogP contribution is -2.20. The molecule has 1 N–H and O–H groups in total. The van der Waals surface area contributed by atoms with Gasteiger partial charge in [-0.3, -0.25) is 4.79 Å². The van der Waals surface area contributed by atoms with Crippen molar-refractivity contribution in [3.05, 3.63) is 70.3 Å². The highest BCUT2D eigenvalue weighted by Gasteiger charge is 2.11. The molecule has 3 aromatic rings. The Morgan fingerprint density at radius 2 is 1.88 bits per heavy atom. The number of para-hydroxylation sites is 1. The summed E-state index contributed by atoms with van der Waals surface area (Å²) in [7, 11) is 0. The molecule has 128 valence electrons. The molecular formula is C18H15Cl2N3O2. The number of halogens is 2. The second kappa shape index (κ2) is 7.59. The van der Waals surface area contributed by atoms with Crippen molar-refractivity contribution in [1.29, 1.82) is 0 Å². The van der Waals surface area contributed by atoms with E-state index < -0.39 is 0 Å². The topological polar surface area (TPSA) is 56.1 Å². The van der Waals surface area contributed by atoms with E-state index in [-0.39, 0.29) is 12.5 Å². The van der Waals surface area contributed by atoms with Crippen molar-refractivity contribution < 1.29 is 9.53 Å². The summed E-state index contributed by atoms with van der Waals surface area (Å²) in [6.07, 6.45) is 0. The number of benzene rings is 2. The van der Waals surface area contributed by atoms with Crippen LogP contribution in [0.5, 0.6) is 5.75 Å². The SMILES string of the molecule is Cc1cc(NC(=O)COc2ccccc2)nn1-c1ccc(Cl)c(Cl)c1. The number of aromatic nitrogens is 2. The zero-order valence-electron chi connectivity index (χ0n) is 13.4. The van der Waals surface area contributed by atoms with Crippen LogP contribution in [0.3, 0.4) is 0 Å². The zero-order chi connectivity index (χ0) is 17.8. The maximum atomic E-state index is 12.0. The Bertz CT molecular complexity index is 895. The van der Waals surface area contributed by atoms with Gasteiger partial charge >= 0.3 is 0 Å². The molecule has 0 aliphatic heterocycles. The van der Waals surface area contributed by atoms with E-state index in [4.69, 9.17) is 27.9 Å². The Labute approximate surface area is 155 Å². The first kappa shape index (κ1) is 17.3. The highest BCUT2D eigenvalue weighted by molar-refractivity contribution is 6.42. The van der Waals surface area contributed by atoms with E-state index >= 15 is 0 Å². The van der Waals surface area contributed by atoms with Crippen molar-refractivity contribution in [2.24, 2.45) is 0 Å². The van der Waals surface area contributed by atoms with Crippen LogP contribution in [0.4, 0.5) is 5.82 Å². The quantitative estimate of drug-likeness (QED) is 0.713. The van der Waals surface area contributed by atoms with Crippen LogP contribution in [-0.2, 0) is 4.79 Å². The number of ether oxygens (including phenoxy) is 1. The molecule has 25 heavy (non-hydrogen) atoms. The standard InChI is InChI=1S/C18H15Cl2N3O2/c1-12-9-17(21-18(24)11-25-14-5-3-2-4-6-14)22-23(12)13-7-8-15(19)16(20)10-13/h2-10H,11H2,1H3,(H,21,22,24). The predicted octanol–water partition coefficient (Wildman–Crippen LogP) is 4.51. The molecule has 0 saturated carbocycles. The largest absolute Gasteiger partial charge is 0.484 e. The monoisotopic (exact) mass is 375 g/mol. The first-order valence-corrected chi connectivity index (χ1v) is 8.28. The molecule has 0 radical (unpaired) electrons. The molecular weight excluding hydrogens is 361 g/mol. The van der Waals surface area contributed by atoms with Crippen molar-refractivity contribution >= 4 is 34.9 Å². The highest BCUT2D eigenvalue weighted by atomic mass is 35.5. The number of carbonyl (C=O) groups is 1.